The molecule has 0 spiro atoms. The fraction of sp³-hybridized carbons (Fsp3) is 0.462. The molecule has 0 saturated heterocycles. The highest BCUT2D eigenvalue weighted by atomic mass is 32.2. The first kappa shape index (κ1) is 13.9. The van der Waals surface area contributed by atoms with Crippen LogP contribution in [-0.4, -0.2) is 26.1 Å². The zero-order valence-electron chi connectivity index (χ0n) is 11.0. The smallest absolute Gasteiger partial charge is 0.237 e. The molecule has 1 unspecified atom stereocenters. The molecule has 19 heavy (non-hydrogen) atoms. The summed E-state index contributed by atoms with van der Waals surface area (Å²) < 4.78 is 25.3. The Morgan fingerprint density at radius 3 is 2.79 bits per heavy atom. The van der Waals surface area contributed by atoms with Crippen LogP contribution >= 0.6 is 0 Å². The summed E-state index contributed by atoms with van der Waals surface area (Å²) in [6, 6.07) is 7.77. The second-order valence-electron chi connectivity index (χ2n) is 4.99. The number of rotatable bonds is 4. The Kier molecular flexibility index (Phi) is 3.80. The van der Waals surface area contributed by atoms with Crippen molar-refractivity contribution in [1.82, 2.24) is 4.72 Å². The van der Waals surface area contributed by atoms with Crippen LogP contribution in [0.25, 0.3) is 0 Å². The fourth-order valence-corrected chi connectivity index (χ4v) is 2.72. The summed E-state index contributed by atoms with van der Waals surface area (Å²) >= 11 is 0. The highest BCUT2D eigenvalue weighted by Gasteiger charge is 2.26. The first-order valence-electron chi connectivity index (χ1n) is 6.27. The van der Waals surface area contributed by atoms with E-state index in [1.54, 1.807) is 13.8 Å². The summed E-state index contributed by atoms with van der Waals surface area (Å²) in [6.07, 6.45) is 0.177. The van der Waals surface area contributed by atoms with Crippen molar-refractivity contribution < 1.29 is 13.2 Å². The molecule has 0 saturated carbocycles. The quantitative estimate of drug-likeness (QED) is 0.876. The number of hydrogen-bond donors (Lipinski definition) is 2. The molecule has 0 bridgehead atoms. The maximum absolute atomic E-state index is 11.8. The molecule has 0 fully saturated rings. The highest BCUT2D eigenvalue weighted by molar-refractivity contribution is 7.90. The van der Waals surface area contributed by atoms with Crippen molar-refractivity contribution in [3.63, 3.8) is 0 Å². The largest absolute Gasteiger partial charge is 0.384 e. The van der Waals surface area contributed by atoms with Crippen LogP contribution in [0.2, 0.25) is 0 Å². The normalized spacial score (nSPS) is 17.9. The zero-order chi connectivity index (χ0) is 14.0. The van der Waals surface area contributed by atoms with Gasteiger partial charge in [0, 0.05) is 24.6 Å². The number of para-hydroxylation sites is 1. The summed E-state index contributed by atoms with van der Waals surface area (Å²) in [6.45, 7) is 3.75. The van der Waals surface area contributed by atoms with Gasteiger partial charge in [-0.3, -0.25) is 9.52 Å². The molecular weight excluding hydrogens is 264 g/mol. The molecule has 0 aliphatic carbocycles. The Morgan fingerprint density at radius 1 is 1.42 bits per heavy atom. The van der Waals surface area contributed by atoms with Crippen molar-refractivity contribution in [2.45, 2.75) is 31.4 Å². The monoisotopic (exact) mass is 282 g/mol. The molecule has 6 heteroatoms. The number of amides is 1. The predicted octanol–water partition coefficient (Wildman–Crippen LogP) is 1.44. The van der Waals surface area contributed by atoms with Crippen molar-refractivity contribution in [2.75, 3.05) is 11.9 Å². The third-order valence-electron chi connectivity index (χ3n) is 3.25. The van der Waals surface area contributed by atoms with E-state index in [0.717, 1.165) is 11.3 Å². The Labute approximate surface area is 113 Å². The van der Waals surface area contributed by atoms with Gasteiger partial charge in [-0.1, -0.05) is 18.2 Å². The van der Waals surface area contributed by atoms with E-state index in [1.807, 2.05) is 24.3 Å². The number of carbonyl (C=O) groups is 1. The number of sulfonamides is 1. The van der Waals surface area contributed by atoms with Gasteiger partial charge in [0.25, 0.3) is 0 Å². The Balaban J connectivity index is 2.02. The molecule has 2 N–H and O–H groups in total. The maximum atomic E-state index is 11.8. The van der Waals surface area contributed by atoms with Gasteiger partial charge in [-0.15, -0.1) is 0 Å². The highest BCUT2D eigenvalue weighted by Crippen LogP contribution is 2.33. The van der Waals surface area contributed by atoms with Crippen LogP contribution in [0, 0.1) is 0 Å². The summed E-state index contributed by atoms with van der Waals surface area (Å²) in [5, 5.41) is 2.61. The van der Waals surface area contributed by atoms with Gasteiger partial charge in [0.15, 0.2) is 0 Å². The van der Waals surface area contributed by atoms with E-state index in [4.69, 9.17) is 0 Å². The van der Waals surface area contributed by atoms with Gasteiger partial charge in [-0.2, -0.15) is 0 Å². The van der Waals surface area contributed by atoms with E-state index in [0.29, 0.717) is 6.54 Å². The lowest BCUT2D eigenvalue weighted by Crippen LogP contribution is -2.36. The van der Waals surface area contributed by atoms with Gasteiger partial charge in [0.2, 0.25) is 15.9 Å². The summed E-state index contributed by atoms with van der Waals surface area (Å²) in [7, 11) is -3.54. The lowest BCUT2D eigenvalue weighted by atomic mass is 9.98. The lowest BCUT2D eigenvalue weighted by molar-refractivity contribution is -0.119. The van der Waals surface area contributed by atoms with Crippen LogP contribution in [0.15, 0.2) is 24.3 Å². The molecule has 1 atom stereocenters. The van der Waals surface area contributed by atoms with Crippen molar-refractivity contribution in [2.24, 2.45) is 0 Å². The molecule has 1 aromatic rings. The average molecular weight is 282 g/mol. The van der Waals surface area contributed by atoms with Crippen LogP contribution in [0.4, 0.5) is 5.69 Å². The second kappa shape index (κ2) is 5.21. The van der Waals surface area contributed by atoms with Gasteiger partial charge in [-0.05, 0) is 25.5 Å². The van der Waals surface area contributed by atoms with Crippen LogP contribution in [0.5, 0.6) is 0 Å². The van der Waals surface area contributed by atoms with Crippen molar-refractivity contribution in [3.05, 3.63) is 29.8 Å². The molecule has 1 aliphatic heterocycles. The number of anilines is 1. The number of nitrogens with one attached hydrogen (secondary N) is 2. The van der Waals surface area contributed by atoms with Crippen molar-refractivity contribution in [3.8, 4) is 0 Å². The van der Waals surface area contributed by atoms with E-state index >= 15 is 0 Å². The van der Waals surface area contributed by atoms with E-state index in [9.17, 15) is 13.2 Å². The van der Waals surface area contributed by atoms with Gasteiger partial charge >= 0.3 is 0 Å². The number of hydrogen-bond acceptors (Lipinski definition) is 4. The van der Waals surface area contributed by atoms with Crippen LogP contribution in [0.1, 0.15) is 31.7 Å². The molecule has 104 valence electrons. The summed E-state index contributed by atoms with van der Waals surface area (Å²) in [4.78, 5) is 11.8. The standard InChI is InChI=1S/C13H18N2O3S/c1-9(2)19(17,18)15-13(16)7-10-8-14-12-6-4-3-5-11(10)12/h3-6,9-10,14H,7-8H2,1-2H3,(H,15,16). The Bertz CT molecular complexity index is 581. The van der Waals surface area contributed by atoms with Crippen LogP contribution in [-0.2, 0) is 14.8 Å². The minimum absolute atomic E-state index is 0.0264. The van der Waals surface area contributed by atoms with E-state index in [2.05, 4.69) is 10.0 Å². The van der Waals surface area contributed by atoms with Crippen molar-refractivity contribution in [1.29, 1.82) is 0 Å². The van der Waals surface area contributed by atoms with Gasteiger partial charge in [0.1, 0.15) is 0 Å². The second-order valence-corrected chi connectivity index (χ2v) is 7.23. The van der Waals surface area contributed by atoms with Gasteiger partial charge < -0.3 is 5.32 Å². The minimum atomic E-state index is -3.54. The summed E-state index contributed by atoms with van der Waals surface area (Å²) in [5.41, 5.74) is 2.09. The molecule has 1 aliphatic rings. The first-order chi connectivity index (χ1) is 8.90. The molecule has 0 radical (unpaired) electrons. The van der Waals surface area contributed by atoms with Gasteiger partial charge in [-0.25, -0.2) is 8.42 Å². The van der Waals surface area contributed by atoms with Gasteiger partial charge in [0.05, 0.1) is 5.25 Å². The van der Waals surface area contributed by atoms with Crippen LogP contribution in [0.3, 0.4) is 0 Å². The molecule has 1 aromatic carbocycles. The molecule has 2 rings (SSSR count). The Hall–Kier alpha value is -1.56. The lowest BCUT2D eigenvalue weighted by Gasteiger charge is -2.12. The summed E-state index contributed by atoms with van der Waals surface area (Å²) in [5.74, 6) is -0.421. The Morgan fingerprint density at radius 2 is 2.11 bits per heavy atom. The molecule has 1 amide bonds. The fourth-order valence-electron chi connectivity index (χ4n) is 2.08. The molecule has 5 nitrogen and oxygen atoms in total. The van der Waals surface area contributed by atoms with E-state index in [-0.39, 0.29) is 12.3 Å². The predicted molar refractivity (Wildman–Crippen MR) is 74.5 cm³/mol. The maximum Gasteiger partial charge on any atom is 0.237 e. The minimum Gasteiger partial charge on any atom is -0.384 e. The third-order valence-corrected chi connectivity index (χ3v) is 5.00. The molecule has 1 heterocycles. The van der Waals surface area contributed by atoms with Crippen LogP contribution < -0.4 is 10.0 Å². The molecular formula is C13H18N2O3S. The van der Waals surface area contributed by atoms with Crippen molar-refractivity contribution >= 4 is 21.6 Å². The van der Waals surface area contributed by atoms with E-state index < -0.39 is 21.2 Å². The number of benzene rings is 1. The zero-order valence-corrected chi connectivity index (χ0v) is 11.8. The number of carbonyl (C=O) groups excluding carboxylic acids is 1. The third kappa shape index (κ3) is 3.07. The SMILES string of the molecule is CC(C)S(=O)(=O)NC(=O)CC1CNc2ccccc21. The average Bonchev–Trinajstić information content (AvgIpc) is 2.72. The van der Waals surface area contributed by atoms with E-state index in [1.165, 1.54) is 0 Å². The first-order valence-corrected chi connectivity index (χ1v) is 7.82. The number of fused-ring (bicyclic) bond motifs is 1. The topological polar surface area (TPSA) is 75.3 Å². The molecule has 0 aromatic heterocycles.